The lowest BCUT2D eigenvalue weighted by atomic mass is 9.96. The summed E-state index contributed by atoms with van der Waals surface area (Å²) in [6, 6.07) is 9.05. The Morgan fingerprint density at radius 1 is 1.25 bits per heavy atom. The van der Waals surface area contributed by atoms with E-state index in [1.54, 1.807) is 11.9 Å². The molecular weight excluding hydrogens is 302 g/mol. The van der Waals surface area contributed by atoms with Crippen LogP contribution >= 0.6 is 0 Å². The second kappa shape index (κ2) is 7.24. The second-order valence-electron chi connectivity index (χ2n) is 7.04. The predicted molar refractivity (Wildman–Crippen MR) is 95.0 cm³/mol. The van der Waals surface area contributed by atoms with Crippen molar-refractivity contribution in [3.63, 3.8) is 0 Å². The Hall–Kier alpha value is -2.04. The van der Waals surface area contributed by atoms with E-state index in [-0.39, 0.29) is 17.9 Å². The van der Waals surface area contributed by atoms with Crippen molar-refractivity contribution in [1.29, 1.82) is 0 Å². The van der Waals surface area contributed by atoms with E-state index in [1.807, 2.05) is 0 Å². The van der Waals surface area contributed by atoms with E-state index in [0.29, 0.717) is 25.4 Å². The molecule has 5 nitrogen and oxygen atoms in total. The molecule has 2 heterocycles. The quantitative estimate of drug-likeness (QED) is 0.919. The number of fused-ring (bicyclic) bond motifs is 1. The molecule has 0 bridgehead atoms. The number of likely N-dealkylation sites (tertiary alicyclic amines) is 1. The van der Waals surface area contributed by atoms with Crippen molar-refractivity contribution in [3.05, 3.63) is 29.8 Å². The fraction of sp³-hybridized carbons (Fsp3) is 0.579. The molecule has 0 aliphatic carbocycles. The number of aryl methyl sites for hydroxylation is 1. The van der Waals surface area contributed by atoms with Gasteiger partial charge in [-0.15, -0.1) is 0 Å². The lowest BCUT2D eigenvalue weighted by molar-refractivity contribution is -0.133. The molecule has 2 aliphatic heterocycles. The molecule has 130 valence electrons. The van der Waals surface area contributed by atoms with Crippen molar-refractivity contribution >= 4 is 17.5 Å². The van der Waals surface area contributed by atoms with E-state index < -0.39 is 0 Å². The molecule has 1 saturated heterocycles. The van der Waals surface area contributed by atoms with E-state index >= 15 is 0 Å². The smallest absolute Gasteiger partial charge is 0.222 e. The van der Waals surface area contributed by atoms with Crippen molar-refractivity contribution in [3.8, 4) is 0 Å². The minimum atomic E-state index is 0.0815. The molecule has 24 heavy (non-hydrogen) atoms. The van der Waals surface area contributed by atoms with E-state index in [0.717, 1.165) is 25.8 Å². The van der Waals surface area contributed by atoms with Crippen molar-refractivity contribution in [1.82, 2.24) is 10.2 Å². The van der Waals surface area contributed by atoms with E-state index in [4.69, 9.17) is 0 Å². The van der Waals surface area contributed by atoms with E-state index in [1.165, 1.54) is 11.3 Å². The fourth-order valence-corrected chi connectivity index (χ4v) is 3.75. The van der Waals surface area contributed by atoms with Gasteiger partial charge in [-0.05, 0) is 37.8 Å². The fourth-order valence-electron chi connectivity index (χ4n) is 3.75. The molecular formula is C19H27N3O2. The minimum Gasteiger partial charge on any atom is -0.368 e. The maximum Gasteiger partial charge on any atom is 0.222 e. The van der Waals surface area contributed by atoms with Crippen molar-refractivity contribution < 1.29 is 9.59 Å². The highest BCUT2D eigenvalue weighted by molar-refractivity contribution is 5.79. The van der Waals surface area contributed by atoms with Gasteiger partial charge in [-0.25, -0.2) is 0 Å². The predicted octanol–water partition coefficient (Wildman–Crippen LogP) is 1.95. The molecule has 0 radical (unpaired) electrons. The Morgan fingerprint density at radius 3 is 2.83 bits per heavy atom. The van der Waals surface area contributed by atoms with Gasteiger partial charge < -0.3 is 15.1 Å². The third kappa shape index (κ3) is 3.71. The van der Waals surface area contributed by atoms with Gasteiger partial charge in [0.25, 0.3) is 0 Å². The number of nitrogens with one attached hydrogen (secondary N) is 1. The summed E-state index contributed by atoms with van der Waals surface area (Å²) in [5.74, 6) is 0.247. The summed E-state index contributed by atoms with van der Waals surface area (Å²) < 4.78 is 0. The Balaban J connectivity index is 1.54. The average Bonchev–Trinajstić information content (AvgIpc) is 2.57. The number of anilines is 1. The summed E-state index contributed by atoms with van der Waals surface area (Å²) in [7, 11) is 1.80. The largest absolute Gasteiger partial charge is 0.368 e. The number of amides is 2. The van der Waals surface area contributed by atoms with Crippen LogP contribution in [0.5, 0.6) is 0 Å². The van der Waals surface area contributed by atoms with Gasteiger partial charge in [-0.1, -0.05) is 18.2 Å². The SMILES string of the molecule is C[C@@H]1CCc2ccccc2N1CCC(=O)N[C@H]1CCC(=O)N(C)C1. The minimum absolute atomic E-state index is 0.0815. The van der Waals surface area contributed by atoms with Crippen LogP contribution in [0.2, 0.25) is 0 Å². The number of hydrogen-bond acceptors (Lipinski definition) is 3. The zero-order chi connectivity index (χ0) is 17.1. The van der Waals surface area contributed by atoms with E-state index in [9.17, 15) is 9.59 Å². The van der Waals surface area contributed by atoms with Crippen molar-refractivity contribution in [2.45, 2.75) is 51.1 Å². The van der Waals surface area contributed by atoms with Crippen LogP contribution in [0.15, 0.2) is 24.3 Å². The Bertz CT molecular complexity index is 616. The van der Waals surface area contributed by atoms with Gasteiger partial charge in [0.05, 0.1) is 0 Å². The normalized spacial score (nSPS) is 23.8. The topological polar surface area (TPSA) is 52.7 Å². The molecule has 2 atom stereocenters. The number of hydrogen-bond donors (Lipinski definition) is 1. The molecule has 1 N–H and O–H groups in total. The Labute approximate surface area is 144 Å². The standard InChI is InChI=1S/C19H27N3O2/c1-14-7-8-15-5-3-4-6-17(15)22(14)12-11-18(23)20-16-9-10-19(24)21(2)13-16/h3-6,14,16H,7-13H2,1-2H3,(H,20,23)/t14-,16+/m1/s1. The lowest BCUT2D eigenvalue weighted by Gasteiger charge is -2.37. The molecule has 2 aliphatic rings. The van der Waals surface area contributed by atoms with Gasteiger partial charge in [0.1, 0.15) is 0 Å². The Kier molecular flexibility index (Phi) is 5.07. The third-order valence-electron chi connectivity index (χ3n) is 5.24. The summed E-state index contributed by atoms with van der Waals surface area (Å²) >= 11 is 0. The summed E-state index contributed by atoms with van der Waals surface area (Å²) in [5.41, 5.74) is 2.65. The zero-order valence-corrected chi connectivity index (χ0v) is 14.6. The molecule has 1 fully saturated rings. The molecule has 1 aromatic rings. The first-order valence-electron chi connectivity index (χ1n) is 8.92. The van der Waals surface area contributed by atoms with E-state index in [2.05, 4.69) is 41.4 Å². The molecule has 0 unspecified atom stereocenters. The van der Waals surface area contributed by atoms with Gasteiger partial charge in [-0.2, -0.15) is 0 Å². The van der Waals surface area contributed by atoms with Gasteiger partial charge in [0.2, 0.25) is 11.8 Å². The summed E-state index contributed by atoms with van der Waals surface area (Å²) in [4.78, 5) is 27.9. The second-order valence-corrected chi connectivity index (χ2v) is 7.04. The summed E-state index contributed by atoms with van der Waals surface area (Å²) in [6.45, 7) is 3.59. The molecule has 1 aromatic carbocycles. The maximum absolute atomic E-state index is 12.3. The number of likely N-dealkylation sites (N-methyl/N-ethyl adjacent to an activating group) is 1. The number of carbonyl (C=O) groups is 2. The first-order valence-corrected chi connectivity index (χ1v) is 8.92. The van der Waals surface area contributed by atoms with Crippen LogP contribution < -0.4 is 10.2 Å². The number of carbonyl (C=O) groups excluding carboxylic acids is 2. The number of rotatable bonds is 4. The van der Waals surface area contributed by atoms with Crippen LogP contribution in [0.3, 0.4) is 0 Å². The van der Waals surface area contributed by atoms with Crippen LogP contribution in [0.1, 0.15) is 38.2 Å². The zero-order valence-electron chi connectivity index (χ0n) is 14.6. The monoisotopic (exact) mass is 329 g/mol. The molecule has 0 saturated carbocycles. The first-order chi connectivity index (χ1) is 11.5. The highest BCUT2D eigenvalue weighted by atomic mass is 16.2. The first kappa shape index (κ1) is 16.8. The lowest BCUT2D eigenvalue weighted by Crippen LogP contribution is -2.49. The van der Waals surface area contributed by atoms with Crippen LogP contribution in [0.25, 0.3) is 0 Å². The summed E-state index contributed by atoms with van der Waals surface area (Å²) in [5, 5.41) is 3.09. The number of nitrogens with zero attached hydrogens (tertiary/aromatic N) is 2. The molecule has 0 aromatic heterocycles. The Morgan fingerprint density at radius 2 is 2.04 bits per heavy atom. The number of benzene rings is 1. The number of para-hydroxylation sites is 1. The molecule has 5 heteroatoms. The van der Waals surface area contributed by atoms with Crippen LogP contribution in [0, 0.1) is 0 Å². The van der Waals surface area contributed by atoms with Gasteiger partial charge in [-0.3, -0.25) is 9.59 Å². The van der Waals surface area contributed by atoms with Crippen molar-refractivity contribution in [2.75, 3.05) is 25.0 Å². The van der Waals surface area contributed by atoms with Crippen molar-refractivity contribution in [2.24, 2.45) is 0 Å². The maximum atomic E-state index is 12.3. The molecule has 0 spiro atoms. The van der Waals surface area contributed by atoms with Gasteiger partial charge >= 0.3 is 0 Å². The summed E-state index contributed by atoms with van der Waals surface area (Å²) in [6.07, 6.45) is 4.01. The van der Waals surface area contributed by atoms with Crippen LogP contribution in [0.4, 0.5) is 5.69 Å². The highest BCUT2D eigenvalue weighted by Gasteiger charge is 2.26. The van der Waals surface area contributed by atoms with Gasteiger partial charge in [0.15, 0.2) is 0 Å². The average molecular weight is 329 g/mol. The van der Waals surface area contributed by atoms with Crippen LogP contribution in [-0.2, 0) is 16.0 Å². The van der Waals surface area contributed by atoms with Gasteiger partial charge in [0, 0.05) is 50.7 Å². The third-order valence-corrected chi connectivity index (χ3v) is 5.24. The number of piperidine rings is 1. The van der Waals surface area contributed by atoms with Crippen LogP contribution in [-0.4, -0.2) is 48.9 Å². The molecule has 3 rings (SSSR count). The highest BCUT2D eigenvalue weighted by Crippen LogP contribution is 2.30. The molecule has 2 amide bonds.